The first-order valence-corrected chi connectivity index (χ1v) is 3.18. The Morgan fingerprint density at radius 2 is 2.10 bits per heavy atom. The van der Waals surface area contributed by atoms with Crippen LogP contribution in [0.2, 0.25) is 0 Å². The Morgan fingerprint density at radius 3 is 2.60 bits per heavy atom. The maximum absolute atomic E-state index is 10.6. The number of ether oxygens (including phenoxy) is 1. The molecule has 0 fully saturated rings. The third kappa shape index (κ3) is 5.09. The second-order valence-corrected chi connectivity index (χ2v) is 1.79. The Hall–Kier alpha value is -1.05. The van der Waals surface area contributed by atoms with E-state index >= 15 is 0 Å². The number of esters is 1. The first-order valence-electron chi connectivity index (χ1n) is 3.18. The lowest BCUT2D eigenvalue weighted by Crippen LogP contribution is -2.03. The maximum atomic E-state index is 10.6. The second kappa shape index (κ2) is 6.08. The Balaban J connectivity index is 3.20. The molecule has 0 spiro atoms. The molecule has 56 valence electrons. The van der Waals surface area contributed by atoms with E-state index in [1.54, 1.807) is 6.08 Å². The van der Waals surface area contributed by atoms with Crippen LogP contribution in [0, 0.1) is 0 Å². The van der Waals surface area contributed by atoms with Crippen molar-refractivity contribution < 1.29 is 9.53 Å². The fourth-order valence-electron chi connectivity index (χ4n) is 0.433. The first-order chi connectivity index (χ1) is 4.81. The number of carbonyl (C=O) groups is 1. The monoisotopic (exact) mass is 140 g/mol. The highest BCUT2D eigenvalue weighted by Gasteiger charge is 1.95. The van der Waals surface area contributed by atoms with Crippen LogP contribution in [0.4, 0.5) is 0 Å². The molecule has 0 saturated carbocycles. The molecular formula is C8H12O2. The lowest BCUT2D eigenvalue weighted by atomic mass is 10.4. The van der Waals surface area contributed by atoms with E-state index in [1.165, 1.54) is 6.08 Å². The molecule has 2 nitrogen and oxygen atoms in total. The van der Waals surface area contributed by atoms with Crippen LogP contribution in [0.15, 0.2) is 25.3 Å². The van der Waals surface area contributed by atoms with Gasteiger partial charge in [-0.3, -0.25) is 4.79 Å². The number of rotatable bonds is 5. The minimum atomic E-state index is -0.225. The summed E-state index contributed by atoms with van der Waals surface area (Å²) in [4.78, 5) is 10.6. The van der Waals surface area contributed by atoms with Gasteiger partial charge >= 0.3 is 5.97 Å². The Labute approximate surface area is 61.2 Å². The number of carbonyl (C=O) groups excluding carboxylic acids is 1. The summed E-state index contributed by atoms with van der Waals surface area (Å²) in [5, 5.41) is 0. The van der Waals surface area contributed by atoms with Crippen molar-refractivity contribution in [1.29, 1.82) is 0 Å². The first kappa shape index (κ1) is 8.95. The molecule has 0 aliphatic carbocycles. The molecule has 0 bridgehead atoms. The summed E-state index contributed by atoms with van der Waals surface area (Å²) >= 11 is 0. The fraction of sp³-hybridized carbons (Fsp3) is 0.375. The predicted molar refractivity (Wildman–Crippen MR) is 40.6 cm³/mol. The summed E-state index contributed by atoms with van der Waals surface area (Å²) < 4.78 is 4.74. The quantitative estimate of drug-likeness (QED) is 0.330. The number of hydrogen-bond acceptors (Lipinski definition) is 2. The van der Waals surface area contributed by atoms with Gasteiger partial charge in [-0.25, -0.2) is 0 Å². The van der Waals surface area contributed by atoms with E-state index in [1.807, 2.05) is 0 Å². The standard InChI is InChI=1S/C8H12O2/c1-3-5-7-10-8(9)6-4-2/h3-4H,1-2,5-7H2. The third-order valence-electron chi connectivity index (χ3n) is 0.896. The van der Waals surface area contributed by atoms with Gasteiger partial charge in [-0.2, -0.15) is 0 Å². The summed E-state index contributed by atoms with van der Waals surface area (Å²) in [5.74, 6) is -0.225. The van der Waals surface area contributed by atoms with Crippen molar-refractivity contribution in [2.75, 3.05) is 6.61 Å². The molecule has 0 amide bonds. The van der Waals surface area contributed by atoms with Crippen molar-refractivity contribution in [2.45, 2.75) is 12.8 Å². The molecule has 2 heteroatoms. The van der Waals surface area contributed by atoms with Crippen LogP contribution in [0.3, 0.4) is 0 Å². The van der Waals surface area contributed by atoms with Crippen LogP contribution in [0.1, 0.15) is 12.8 Å². The number of hydrogen-bond donors (Lipinski definition) is 0. The van der Waals surface area contributed by atoms with Crippen molar-refractivity contribution >= 4 is 5.97 Å². The van der Waals surface area contributed by atoms with Gasteiger partial charge in [0.15, 0.2) is 0 Å². The van der Waals surface area contributed by atoms with E-state index in [0.717, 1.165) is 0 Å². The zero-order chi connectivity index (χ0) is 7.82. The van der Waals surface area contributed by atoms with E-state index in [4.69, 9.17) is 4.74 Å². The van der Waals surface area contributed by atoms with Crippen LogP contribution in [-0.2, 0) is 9.53 Å². The maximum Gasteiger partial charge on any atom is 0.309 e. The highest BCUT2D eigenvalue weighted by Crippen LogP contribution is 1.88. The van der Waals surface area contributed by atoms with Crippen LogP contribution in [0.25, 0.3) is 0 Å². The molecule has 0 aromatic rings. The van der Waals surface area contributed by atoms with Gasteiger partial charge in [0.1, 0.15) is 0 Å². The lowest BCUT2D eigenvalue weighted by molar-refractivity contribution is -0.142. The highest BCUT2D eigenvalue weighted by molar-refractivity contribution is 5.70. The van der Waals surface area contributed by atoms with E-state index in [2.05, 4.69) is 13.2 Å². The van der Waals surface area contributed by atoms with Gasteiger partial charge < -0.3 is 4.74 Å². The van der Waals surface area contributed by atoms with Crippen LogP contribution >= 0.6 is 0 Å². The average Bonchev–Trinajstić information content (AvgIpc) is 1.89. The third-order valence-corrected chi connectivity index (χ3v) is 0.896. The lowest BCUT2D eigenvalue weighted by Gasteiger charge is -1.98. The molecule has 0 heterocycles. The van der Waals surface area contributed by atoms with Gasteiger partial charge in [0.05, 0.1) is 13.0 Å². The van der Waals surface area contributed by atoms with Gasteiger partial charge in [-0.05, 0) is 6.42 Å². The normalized spacial score (nSPS) is 8.40. The molecule has 0 unspecified atom stereocenters. The molecule has 0 N–H and O–H groups in total. The molecule has 0 aromatic carbocycles. The molecule has 0 atom stereocenters. The fourth-order valence-corrected chi connectivity index (χ4v) is 0.433. The van der Waals surface area contributed by atoms with E-state index in [9.17, 15) is 4.79 Å². The van der Waals surface area contributed by atoms with E-state index in [0.29, 0.717) is 13.0 Å². The summed E-state index contributed by atoms with van der Waals surface area (Å²) in [6.07, 6.45) is 4.23. The second-order valence-electron chi connectivity index (χ2n) is 1.79. The topological polar surface area (TPSA) is 26.3 Å². The van der Waals surface area contributed by atoms with Gasteiger partial charge in [-0.15, -0.1) is 13.2 Å². The van der Waals surface area contributed by atoms with Crippen LogP contribution in [0.5, 0.6) is 0 Å². The molecule has 0 aliphatic rings. The molecule has 0 rings (SSSR count). The molecule has 0 saturated heterocycles. The molecule has 0 aliphatic heterocycles. The molecule has 0 aromatic heterocycles. The zero-order valence-electron chi connectivity index (χ0n) is 6.01. The smallest absolute Gasteiger partial charge is 0.309 e. The molecular weight excluding hydrogens is 128 g/mol. The summed E-state index contributed by atoms with van der Waals surface area (Å²) in [6.45, 7) is 7.33. The zero-order valence-corrected chi connectivity index (χ0v) is 6.01. The minimum Gasteiger partial charge on any atom is -0.465 e. The average molecular weight is 140 g/mol. The summed E-state index contributed by atoms with van der Waals surface area (Å²) in [6, 6.07) is 0. The van der Waals surface area contributed by atoms with Crippen molar-refractivity contribution in [1.82, 2.24) is 0 Å². The largest absolute Gasteiger partial charge is 0.465 e. The van der Waals surface area contributed by atoms with E-state index in [-0.39, 0.29) is 12.4 Å². The van der Waals surface area contributed by atoms with Crippen LogP contribution < -0.4 is 0 Å². The summed E-state index contributed by atoms with van der Waals surface area (Å²) in [5.41, 5.74) is 0. The SMILES string of the molecule is C=CCCOC(=O)CC=C. The van der Waals surface area contributed by atoms with Gasteiger partial charge in [-0.1, -0.05) is 12.2 Å². The van der Waals surface area contributed by atoms with Crippen LogP contribution in [-0.4, -0.2) is 12.6 Å². The highest BCUT2D eigenvalue weighted by atomic mass is 16.5. The molecule has 10 heavy (non-hydrogen) atoms. The van der Waals surface area contributed by atoms with Crippen molar-refractivity contribution in [3.05, 3.63) is 25.3 Å². The van der Waals surface area contributed by atoms with Gasteiger partial charge in [0, 0.05) is 0 Å². The predicted octanol–water partition coefficient (Wildman–Crippen LogP) is 1.68. The van der Waals surface area contributed by atoms with E-state index < -0.39 is 0 Å². The van der Waals surface area contributed by atoms with Gasteiger partial charge in [0.2, 0.25) is 0 Å². The Kier molecular flexibility index (Phi) is 5.44. The van der Waals surface area contributed by atoms with Crippen molar-refractivity contribution in [3.63, 3.8) is 0 Å². The minimum absolute atomic E-state index is 0.225. The Morgan fingerprint density at radius 1 is 1.40 bits per heavy atom. The Bertz CT molecular complexity index is 127. The van der Waals surface area contributed by atoms with Crippen molar-refractivity contribution in [3.8, 4) is 0 Å². The summed E-state index contributed by atoms with van der Waals surface area (Å²) in [7, 11) is 0. The van der Waals surface area contributed by atoms with Crippen molar-refractivity contribution in [2.24, 2.45) is 0 Å². The molecule has 0 radical (unpaired) electrons. The van der Waals surface area contributed by atoms with Gasteiger partial charge in [0.25, 0.3) is 0 Å².